The average molecular weight is 240 g/mol. The Morgan fingerprint density at radius 1 is 1.22 bits per heavy atom. The number of pyridine rings is 1. The van der Waals surface area contributed by atoms with Crippen LogP contribution >= 0.6 is 0 Å². The molecule has 0 spiro atoms. The highest BCUT2D eigenvalue weighted by Crippen LogP contribution is 2.22. The van der Waals surface area contributed by atoms with Gasteiger partial charge in [-0.2, -0.15) is 0 Å². The molecule has 0 amide bonds. The van der Waals surface area contributed by atoms with Gasteiger partial charge in [-0.25, -0.2) is 4.98 Å². The van der Waals surface area contributed by atoms with Crippen LogP contribution in [0.25, 0.3) is 22.2 Å². The van der Waals surface area contributed by atoms with E-state index in [0.29, 0.717) is 5.82 Å². The van der Waals surface area contributed by atoms with Gasteiger partial charge in [-0.1, -0.05) is 6.07 Å². The Hall–Kier alpha value is -2.56. The van der Waals surface area contributed by atoms with Gasteiger partial charge in [-0.3, -0.25) is 9.36 Å². The summed E-state index contributed by atoms with van der Waals surface area (Å²) in [4.78, 5) is 18.9. The number of rotatable bonds is 1. The van der Waals surface area contributed by atoms with E-state index in [1.54, 1.807) is 25.5 Å². The third-order valence-corrected chi connectivity index (χ3v) is 3.05. The number of nitrogens with one attached hydrogen (secondary N) is 1. The molecule has 0 radical (unpaired) electrons. The fraction of sp³-hybridized carbons (Fsp3) is 0.0769. The summed E-state index contributed by atoms with van der Waals surface area (Å²) in [6, 6.07) is 9.16. The van der Waals surface area contributed by atoms with Gasteiger partial charge in [0.05, 0.1) is 17.4 Å². The predicted molar refractivity (Wildman–Crippen MR) is 71.2 cm³/mol. The van der Waals surface area contributed by atoms with Crippen molar-refractivity contribution >= 4 is 16.9 Å². The number of imidazole rings is 1. The van der Waals surface area contributed by atoms with Crippen LogP contribution in [-0.2, 0) is 7.05 Å². The second-order valence-corrected chi connectivity index (χ2v) is 4.20. The van der Waals surface area contributed by atoms with Crippen molar-refractivity contribution in [3.8, 4) is 11.1 Å². The average Bonchev–Trinajstić information content (AvgIpc) is 2.82. The maximum atomic E-state index is 11.7. The van der Waals surface area contributed by atoms with Crippen LogP contribution in [0.3, 0.4) is 0 Å². The molecular weight excluding hydrogens is 228 g/mol. The molecule has 2 heterocycles. The highest BCUT2D eigenvalue weighted by Gasteiger charge is 2.05. The highest BCUT2D eigenvalue weighted by molar-refractivity contribution is 5.81. The minimum atomic E-state index is -0.116. The second-order valence-electron chi connectivity index (χ2n) is 4.20. The van der Waals surface area contributed by atoms with Gasteiger partial charge in [0, 0.05) is 13.1 Å². The van der Waals surface area contributed by atoms with Gasteiger partial charge >= 0.3 is 0 Å². The number of fused-ring (bicyclic) bond motifs is 1. The zero-order valence-corrected chi connectivity index (χ0v) is 9.84. The van der Waals surface area contributed by atoms with Gasteiger partial charge in [0.1, 0.15) is 5.82 Å². The van der Waals surface area contributed by atoms with Crippen LogP contribution in [0.4, 0.5) is 5.82 Å². The number of aromatic amines is 1. The molecule has 2 aromatic heterocycles. The Labute approximate surface area is 103 Å². The second kappa shape index (κ2) is 3.73. The number of nitrogens with zero attached hydrogens (tertiary/aromatic N) is 2. The van der Waals surface area contributed by atoms with Crippen LogP contribution in [0.1, 0.15) is 0 Å². The third-order valence-electron chi connectivity index (χ3n) is 3.05. The molecule has 0 aliphatic rings. The summed E-state index contributed by atoms with van der Waals surface area (Å²) in [5.74, 6) is 0.446. The summed E-state index contributed by atoms with van der Waals surface area (Å²) in [7, 11) is 1.65. The molecule has 18 heavy (non-hydrogen) atoms. The van der Waals surface area contributed by atoms with E-state index in [1.807, 2.05) is 18.2 Å². The molecule has 3 N–H and O–H groups in total. The van der Waals surface area contributed by atoms with Crippen molar-refractivity contribution in [3.63, 3.8) is 0 Å². The smallest absolute Gasteiger partial charge is 0.252 e. The van der Waals surface area contributed by atoms with Gasteiger partial charge in [0.15, 0.2) is 0 Å². The van der Waals surface area contributed by atoms with Crippen molar-refractivity contribution in [1.82, 2.24) is 14.5 Å². The number of aromatic nitrogens is 3. The van der Waals surface area contributed by atoms with Gasteiger partial charge in [-0.15, -0.1) is 0 Å². The Bertz CT molecular complexity index is 785. The number of anilines is 1. The molecule has 0 unspecified atom stereocenters. The summed E-state index contributed by atoms with van der Waals surface area (Å²) in [5.41, 5.74) is 9.27. The number of nitrogens with two attached hydrogens (primary N) is 1. The minimum Gasteiger partial charge on any atom is -0.385 e. The van der Waals surface area contributed by atoms with E-state index < -0.39 is 0 Å². The van der Waals surface area contributed by atoms with Gasteiger partial charge in [-0.05, 0) is 29.3 Å². The lowest BCUT2D eigenvalue weighted by molar-refractivity contribution is 0.876. The van der Waals surface area contributed by atoms with Gasteiger partial charge in [0.2, 0.25) is 0 Å². The first-order chi connectivity index (χ1) is 8.65. The minimum absolute atomic E-state index is 0.116. The fourth-order valence-corrected chi connectivity index (χ4v) is 1.94. The standard InChI is InChI=1S/C13H12N4O/c1-17-12(14)5-9(6-13(17)18)8-2-3-10-11(4-8)16-7-15-10/h2-7H,14H2,1H3,(H,15,16). The third kappa shape index (κ3) is 1.57. The first kappa shape index (κ1) is 10.6. The Balaban J connectivity index is 2.22. The normalized spacial score (nSPS) is 10.9. The van der Waals surface area contributed by atoms with Crippen molar-refractivity contribution in [2.24, 2.45) is 7.05 Å². The molecule has 3 rings (SSSR count). The zero-order valence-electron chi connectivity index (χ0n) is 9.84. The van der Waals surface area contributed by atoms with Crippen LogP contribution < -0.4 is 11.3 Å². The number of nitrogen functional groups attached to an aromatic ring is 1. The predicted octanol–water partition coefficient (Wildman–Crippen LogP) is 1.51. The van der Waals surface area contributed by atoms with Crippen LogP contribution in [0.5, 0.6) is 0 Å². The molecule has 1 aromatic carbocycles. The largest absolute Gasteiger partial charge is 0.385 e. The monoisotopic (exact) mass is 240 g/mol. The van der Waals surface area contributed by atoms with E-state index in [2.05, 4.69) is 9.97 Å². The van der Waals surface area contributed by atoms with Crippen molar-refractivity contribution in [1.29, 1.82) is 0 Å². The van der Waals surface area contributed by atoms with Crippen molar-refractivity contribution in [2.75, 3.05) is 5.73 Å². The Morgan fingerprint density at radius 2 is 2.06 bits per heavy atom. The first-order valence-electron chi connectivity index (χ1n) is 5.55. The molecule has 0 aliphatic carbocycles. The maximum absolute atomic E-state index is 11.7. The molecule has 0 bridgehead atoms. The number of hydrogen-bond donors (Lipinski definition) is 2. The molecular formula is C13H12N4O. The van der Waals surface area contributed by atoms with E-state index in [9.17, 15) is 4.79 Å². The summed E-state index contributed by atoms with van der Waals surface area (Å²) >= 11 is 0. The van der Waals surface area contributed by atoms with Crippen LogP contribution in [0.2, 0.25) is 0 Å². The van der Waals surface area contributed by atoms with Gasteiger partial charge in [0.25, 0.3) is 5.56 Å². The number of hydrogen-bond acceptors (Lipinski definition) is 3. The quantitative estimate of drug-likeness (QED) is 0.677. The van der Waals surface area contributed by atoms with E-state index in [-0.39, 0.29) is 5.56 Å². The van der Waals surface area contributed by atoms with Crippen molar-refractivity contribution in [2.45, 2.75) is 0 Å². The summed E-state index contributed by atoms with van der Waals surface area (Å²) in [5, 5.41) is 0. The number of H-pyrrole nitrogens is 1. The molecule has 90 valence electrons. The van der Waals surface area contributed by atoms with Crippen molar-refractivity contribution < 1.29 is 0 Å². The fourth-order valence-electron chi connectivity index (χ4n) is 1.94. The summed E-state index contributed by atoms with van der Waals surface area (Å²) in [6.07, 6.45) is 1.65. The van der Waals surface area contributed by atoms with E-state index in [1.165, 1.54) is 4.57 Å². The van der Waals surface area contributed by atoms with Crippen molar-refractivity contribution in [3.05, 3.63) is 47.0 Å². The Kier molecular flexibility index (Phi) is 2.19. The molecule has 5 heteroatoms. The zero-order chi connectivity index (χ0) is 12.7. The molecule has 0 aliphatic heterocycles. The van der Waals surface area contributed by atoms with Crippen LogP contribution in [0, 0.1) is 0 Å². The summed E-state index contributed by atoms with van der Waals surface area (Å²) in [6.45, 7) is 0. The molecule has 0 saturated carbocycles. The lowest BCUT2D eigenvalue weighted by Gasteiger charge is -2.06. The van der Waals surface area contributed by atoms with Crippen LogP contribution in [-0.4, -0.2) is 14.5 Å². The topological polar surface area (TPSA) is 76.7 Å². The maximum Gasteiger partial charge on any atom is 0.252 e. The highest BCUT2D eigenvalue weighted by atomic mass is 16.1. The molecule has 0 fully saturated rings. The van der Waals surface area contributed by atoms with Crippen LogP contribution in [0.15, 0.2) is 41.5 Å². The SMILES string of the molecule is Cn1c(N)cc(-c2ccc3nc[nH]c3c2)cc1=O. The summed E-state index contributed by atoms with van der Waals surface area (Å²) < 4.78 is 1.41. The van der Waals surface area contributed by atoms with E-state index >= 15 is 0 Å². The molecule has 3 aromatic rings. The van der Waals surface area contributed by atoms with Gasteiger partial charge < -0.3 is 10.7 Å². The first-order valence-corrected chi connectivity index (χ1v) is 5.55. The van der Waals surface area contributed by atoms with E-state index in [0.717, 1.165) is 22.2 Å². The molecule has 0 saturated heterocycles. The molecule has 0 atom stereocenters. The van der Waals surface area contributed by atoms with E-state index in [4.69, 9.17) is 5.73 Å². The lowest BCUT2D eigenvalue weighted by atomic mass is 10.1. The Morgan fingerprint density at radius 3 is 2.83 bits per heavy atom. The molecule has 5 nitrogen and oxygen atoms in total. The lowest BCUT2D eigenvalue weighted by Crippen LogP contribution is -2.18. The number of benzene rings is 1.